The van der Waals surface area contributed by atoms with E-state index >= 15 is 0 Å². The van der Waals surface area contributed by atoms with Crippen LogP contribution in [0, 0.1) is 16.0 Å². The topological polar surface area (TPSA) is 69.4 Å². The van der Waals surface area contributed by atoms with Gasteiger partial charge in [0, 0.05) is 17.0 Å². The van der Waals surface area contributed by atoms with Crippen molar-refractivity contribution >= 4 is 39.0 Å². The second-order valence-electron chi connectivity index (χ2n) is 3.90. The third-order valence-corrected chi connectivity index (χ3v) is 3.00. The van der Waals surface area contributed by atoms with Gasteiger partial charge in [0.25, 0.3) is 0 Å². The molecular weight excluding hydrogens is 325 g/mol. The lowest BCUT2D eigenvalue weighted by atomic mass is 10.1. The minimum absolute atomic E-state index is 0.0124. The zero-order chi connectivity index (χ0) is 13.9. The van der Waals surface area contributed by atoms with Crippen LogP contribution >= 0.6 is 27.5 Å². The molecule has 0 saturated heterocycles. The molecular formula is C11H11BrClNO4. The lowest BCUT2D eigenvalue weighted by Crippen LogP contribution is -2.17. The number of carbonyl (C=O) groups excluding carboxylic acids is 1. The molecule has 1 aromatic carbocycles. The smallest absolute Gasteiger partial charge is 0.313 e. The minimum Gasteiger partial charge on any atom is -0.478 e. The standard InChI is InChI=1S/C11H11BrClNO4/c1-6(2)10(15)5-18-11-8(12)3-7(13)4-9(11)14(16)17/h3-4,6H,5H2,1-2H3. The predicted octanol–water partition coefficient (Wildman–Crippen LogP) is 3.61. The Morgan fingerprint density at radius 2 is 2.17 bits per heavy atom. The molecule has 18 heavy (non-hydrogen) atoms. The monoisotopic (exact) mass is 335 g/mol. The van der Waals surface area contributed by atoms with Crippen molar-refractivity contribution in [1.29, 1.82) is 0 Å². The van der Waals surface area contributed by atoms with E-state index < -0.39 is 4.92 Å². The minimum atomic E-state index is -0.605. The van der Waals surface area contributed by atoms with Gasteiger partial charge in [-0.3, -0.25) is 14.9 Å². The van der Waals surface area contributed by atoms with Gasteiger partial charge in [-0.1, -0.05) is 25.4 Å². The molecule has 98 valence electrons. The molecule has 0 atom stereocenters. The molecule has 0 radical (unpaired) electrons. The highest BCUT2D eigenvalue weighted by Crippen LogP contribution is 2.37. The first-order valence-electron chi connectivity index (χ1n) is 5.12. The van der Waals surface area contributed by atoms with Crippen molar-refractivity contribution in [3.63, 3.8) is 0 Å². The third kappa shape index (κ3) is 3.68. The Morgan fingerprint density at radius 3 is 2.67 bits per heavy atom. The van der Waals surface area contributed by atoms with Gasteiger partial charge in [0.15, 0.2) is 5.78 Å². The summed E-state index contributed by atoms with van der Waals surface area (Å²) in [5.74, 6) is -0.306. The number of carbonyl (C=O) groups is 1. The van der Waals surface area contributed by atoms with Crippen LogP contribution in [0.2, 0.25) is 5.02 Å². The van der Waals surface area contributed by atoms with Crippen LogP contribution in [0.15, 0.2) is 16.6 Å². The number of Topliss-reactive ketones (excluding diaryl/α,β-unsaturated/α-hetero) is 1. The van der Waals surface area contributed by atoms with Crippen molar-refractivity contribution in [2.24, 2.45) is 5.92 Å². The van der Waals surface area contributed by atoms with Crippen molar-refractivity contribution in [3.8, 4) is 5.75 Å². The number of hydrogen-bond donors (Lipinski definition) is 0. The zero-order valence-corrected chi connectivity index (χ0v) is 12.1. The summed E-state index contributed by atoms with van der Waals surface area (Å²) in [6, 6.07) is 2.66. The predicted molar refractivity (Wildman–Crippen MR) is 71.1 cm³/mol. The number of halogens is 2. The largest absolute Gasteiger partial charge is 0.478 e. The number of hydrogen-bond acceptors (Lipinski definition) is 4. The van der Waals surface area contributed by atoms with Gasteiger partial charge in [-0.25, -0.2) is 0 Å². The van der Waals surface area contributed by atoms with Gasteiger partial charge >= 0.3 is 5.69 Å². The van der Waals surface area contributed by atoms with E-state index in [2.05, 4.69) is 15.9 Å². The number of nitro benzene ring substituents is 1. The fourth-order valence-electron chi connectivity index (χ4n) is 1.14. The van der Waals surface area contributed by atoms with Crippen LogP contribution in [0.4, 0.5) is 5.69 Å². The second-order valence-corrected chi connectivity index (χ2v) is 5.19. The first-order chi connectivity index (χ1) is 8.32. The summed E-state index contributed by atoms with van der Waals surface area (Å²) in [6.45, 7) is 3.26. The van der Waals surface area contributed by atoms with Crippen LogP contribution in [0.25, 0.3) is 0 Å². The highest BCUT2D eigenvalue weighted by molar-refractivity contribution is 9.10. The fourth-order valence-corrected chi connectivity index (χ4v) is 2.04. The van der Waals surface area contributed by atoms with Gasteiger partial charge in [-0.05, 0) is 22.0 Å². The van der Waals surface area contributed by atoms with Crippen molar-refractivity contribution < 1.29 is 14.5 Å². The van der Waals surface area contributed by atoms with Crippen LogP contribution in [0.5, 0.6) is 5.75 Å². The van der Waals surface area contributed by atoms with Gasteiger partial charge < -0.3 is 4.74 Å². The van der Waals surface area contributed by atoms with Crippen LogP contribution in [-0.2, 0) is 4.79 Å². The second kappa shape index (κ2) is 6.15. The van der Waals surface area contributed by atoms with Crippen molar-refractivity contribution in [2.45, 2.75) is 13.8 Å². The van der Waals surface area contributed by atoms with Gasteiger partial charge in [-0.2, -0.15) is 0 Å². The highest BCUT2D eigenvalue weighted by atomic mass is 79.9. The Hall–Kier alpha value is -1.14. The van der Waals surface area contributed by atoms with Crippen LogP contribution in [-0.4, -0.2) is 17.3 Å². The average molecular weight is 337 g/mol. The van der Waals surface area contributed by atoms with Gasteiger partial charge in [0.2, 0.25) is 5.75 Å². The van der Waals surface area contributed by atoms with E-state index in [9.17, 15) is 14.9 Å². The van der Waals surface area contributed by atoms with Gasteiger partial charge in [0.05, 0.1) is 9.40 Å². The van der Waals surface area contributed by atoms with Gasteiger partial charge in [0.1, 0.15) is 6.61 Å². The molecule has 0 spiro atoms. The summed E-state index contributed by atoms with van der Waals surface area (Å²) in [5, 5.41) is 11.1. The number of nitro groups is 1. The Morgan fingerprint density at radius 1 is 1.56 bits per heavy atom. The summed E-state index contributed by atoms with van der Waals surface area (Å²) in [4.78, 5) is 21.7. The Labute approximate surface area is 117 Å². The van der Waals surface area contributed by atoms with E-state index in [1.807, 2.05) is 0 Å². The number of ketones is 1. The quantitative estimate of drug-likeness (QED) is 0.608. The summed E-state index contributed by atoms with van der Waals surface area (Å²) < 4.78 is 5.56. The molecule has 0 bridgehead atoms. The number of benzene rings is 1. The SMILES string of the molecule is CC(C)C(=O)COc1c(Br)cc(Cl)cc1[N+](=O)[O-]. The molecule has 0 aromatic heterocycles. The Bertz CT molecular complexity index is 490. The molecule has 0 unspecified atom stereocenters. The summed E-state index contributed by atoms with van der Waals surface area (Å²) in [6.07, 6.45) is 0. The lowest BCUT2D eigenvalue weighted by Gasteiger charge is -2.09. The first kappa shape index (κ1) is 14.9. The van der Waals surface area contributed by atoms with Crippen molar-refractivity contribution in [3.05, 3.63) is 31.7 Å². The van der Waals surface area contributed by atoms with Crippen molar-refractivity contribution in [1.82, 2.24) is 0 Å². The Kier molecular flexibility index (Phi) is 5.10. The van der Waals surface area contributed by atoms with E-state index in [1.165, 1.54) is 12.1 Å². The summed E-state index contributed by atoms with van der Waals surface area (Å²) in [5.41, 5.74) is -0.272. The maximum Gasteiger partial charge on any atom is 0.313 e. The Balaban J connectivity index is 3.01. The van der Waals surface area contributed by atoms with E-state index in [1.54, 1.807) is 13.8 Å². The molecule has 0 amide bonds. The van der Waals surface area contributed by atoms with Crippen LogP contribution in [0.1, 0.15) is 13.8 Å². The maximum atomic E-state index is 11.4. The molecule has 0 aliphatic heterocycles. The average Bonchev–Trinajstić information content (AvgIpc) is 2.26. The first-order valence-corrected chi connectivity index (χ1v) is 6.29. The molecule has 0 saturated carbocycles. The maximum absolute atomic E-state index is 11.4. The molecule has 1 rings (SSSR count). The van der Waals surface area contributed by atoms with E-state index in [4.69, 9.17) is 16.3 Å². The lowest BCUT2D eigenvalue weighted by molar-refractivity contribution is -0.385. The van der Waals surface area contributed by atoms with E-state index in [-0.39, 0.29) is 34.8 Å². The van der Waals surface area contributed by atoms with Crippen molar-refractivity contribution in [2.75, 3.05) is 6.61 Å². The summed E-state index contributed by atoms with van der Waals surface area (Å²) in [7, 11) is 0. The molecule has 0 fully saturated rings. The highest BCUT2D eigenvalue weighted by Gasteiger charge is 2.21. The number of rotatable bonds is 5. The van der Waals surface area contributed by atoms with Crippen LogP contribution in [0.3, 0.4) is 0 Å². The fraction of sp³-hybridized carbons (Fsp3) is 0.364. The molecule has 0 heterocycles. The van der Waals surface area contributed by atoms with Crippen LogP contribution < -0.4 is 4.74 Å². The molecule has 0 aliphatic rings. The normalized spacial score (nSPS) is 10.5. The zero-order valence-electron chi connectivity index (χ0n) is 9.78. The molecule has 1 aromatic rings. The van der Waals surface area contributed by atoms with E-state index in [0.717, 1.165) is 0 Å². The van der Waals surface area contributed by atoms with Gasteiger partial charge in [-0.15, -0.1) is 0 Å². The van der Waals surface area contributed by atoms with E-state index in [0.29, 0.717) is 4.47 Å². The molecule has 7 heteroatoms. The molecule has 0 aliphatic carbocycles. The summed E-state index contributed by atoms with van der Waals surface area (Å²) >= 11 is 8.85. The molecule has 5 nitrogen and oxygen atoms in total. The molecule has 0 N–H and O–H groups in total. The number of nitrogens with zero attached hydrogens (tertiary/aromatic N) is 1. The number of ether oxygens (including phenoxy) is 1. The third-order valence-electron chi connectivity index (χ3n) is 2.19.